The molecule has 6 fully saturated rings. The maximum Gasteiger partial charge on any atom is 0.303 e. The first-order valence-corrected chi connectivity index (χ1v) is 9.36. The molecule has 2 spiro atoms. The molecule has 4 bridgehead atoms. The summed E-state index contributed by atoms with van der Waals surface area (Å²) in [6.07, 6.45) is 9.82. The van der Waals surface area contributed by atoms with Gasteiger partial charge in [-0.2, -0.15) is 9.78 Å². The zero-order valence-electron chi connectivity index (χ0n) is 13.5. The lowest BCUT2D eigenvalue weighted by Crippen LogP contribution is -2.59. The second-order valence-electron chi connectivity index (χ2n) is 8.75. The molecule has 0 aromatic rings. The Morgan fingerprint density at radius 3 is 2.13 bits per heavy atom. The minimum absolute atomic E-state index is 0.250. The lowest BCUT2D eigenvalue weighted by molar-refractivity contribution is -0.390. The van der Waals surface area contributed by atoms with E-state index in [2.05, 4.69) is 0 Å². The van der Waals surface area contributed by atoms with E-state index in [1.165, 1.54) is 32.1 Å². The Balaban J connectivity index is 1.31. The van der Waals surface area contributed by atoms with Crippen molar-refractivity contribution in [2.45, 2.75) is 75.8 Å². The molecule has 5 saturated carbocycles. The Morgan fingerprint density at radius 2 is 1.57 bits per heavy atom. The third-order valence-corrected chi connectivity index (χ3v) is 7.28. The number of carboxylic acids is 1. The molecule has 23 heavy (non-hydrogen) atoms. The fraction of sp³-hybridized carbons (Fsp3) is 0.944. The van der Waals surface area contributed by atoms with Gasteiger partial charge in [-0.3, -0.25) is 4.79 Å². The smallest absolute Gasteiger partial charge is 0.303 e. The summed E-state index contributed by atoms with van der Waals surface area (Å²) in [5.74, 6) is 1.19. The highest BCUT2D eigenvalue weighted by Crippen LogP contribution is 2.63. The van der Waals surface area contributed by atoms with Crippen LogP contribution in [0.5, 0.6) is 0 Å². The predicted octanol–water partition coefficient (Wildman–Crippen LogP) is 3.48. The van der Waals surface area contributed by atoms with Gasteiger partial charge in [0.25, 0.3) is 0 Å². The van der Waals surface area contributed by atoms with E-state index >= 15 is 0 Å². The molecular formula is C18H26O5. The van der Waals surface area contributed by atoms with E-state index in [4.69, 9.17) is 19.6 Å². The van der Waals surface area contributed by atoms with E-state index in [9.17, 15) is 4.79 Å². The summed E-state index contributed by atoms with van der Waals surface area (Å²) >= 11 is 0. The molecule has 6 rings (SSSR count). The van der Waals surface area contributed by atoms with Gasteiger partial charge in [-0.25, -0.2) is 0 Å². The molecule has 1 saturated heterocycles. The molecule has 1 N–H and O–H groups in total. The quantitative estimate of drug-likeness (QED) is 0.789. The molecule has 5 heteroatoms. The summed E-state index contributed by atoms with van der Waals surface area (Å²) in [4.78, 5) is 22.7. The van der Waals surface area contributed by atoms with E-state index in [0.717, 1.165) is 37.5 Å². The lowest BCUT2D eigenvalue weighted by Gasteiger charge is -2.57. The number of ether oxygens (including phenoxy) is 1. The molecule has 0 radical (unpaired) electrons. The Hall–Kier alpha value is -0.650. The van der Waals surface area contributed by atoms with Crippen LogP contribution in [-0.4, -0.2) is 22.7 Å². The normalized spacial score (nSPS) is 54.2. The molecule has 0 aromatic heterocycles. The molecule has 0 aromatic carbocycles. The van der Waals surface area contributed by atoms with Gasteiger partial charge in [-0.05, 0) is 62.7 Å². The van der Waals surface area contributed by atoms with Gasteiger partial charge >= 0.3 is 5.97 Å². The van der Waals surface area contributed by atoms with Crippen molar-refractivity contribution in [1.82, 2.24) is 0 Å². The molecule has 0 unspecified atom stereocenters. The van der Waals surface area contributed by atoms with Crippen molar-refractivity contribution in [3.63, 3.8) is 0 Å². The van der Waals surface area contributed by atoms with Crippen LogP contribution in [0.4, 0.5) is 0 Å². The molecule has 5 aliphatic carbocycles. The van der Waals surface area contributed by atoms with Crippen LogP contribution >= 0.6 is 0 Å². The first kappa shape index (κ1) is 14.7. The molecular weight excluding hydrogens is 296 g/mol. The summed E-state index contributed by atoms with van der Waals surface area (Å²) in [6.45, 7) is 0. The van der Waals surface area contributed by atoms with Gasteiger partial charge in [0.15, 0.2) is 0 Å². The first-order chi connectivity index (χ1) is 11.1. The molecule has 1 heterocycles. The van der Waals surface area contributed by atoms with Crippen LogP contribution in [0.15, 0.2) is 0 Å². The van der Waals surface area contributed by atoms with Crippen molar-refractivity contribution in [2.75, 3.05) is 0 Å². The number of rotatable bonds is 2. The Labute approximate surface area is 136 Å². The molecule has 6 aliphatic rings. The molecule has 0 atom stereocenters. The van der Waals surface area contributed by atoms with Crippen molar-refractivity contribution < 1.29 is 24.4 Å². The SMILES string of the molecule is O=C(O)CC1CC[C@]2(CC1)OO[C@]1(O2)[C@@H]2C[C@H]3C[C@@H](C2)C[C@@H]1C3. The Morgan fingerprint density at radius 1 is 0.957 bits per heavy atom. The van der Waals surface area contributed by atoms with Gasteiger partial charge in [0.2, 0.25) is 11.6 Å². The highest BCUT2D eigenvalue weighted by atomic mass is 17.3. The summed E-state index contributed by atoms with van der Waals surface area (Å²) in [7, 11) is 0. The van der Waals surface area contributed by atoms with Crippen molar-refractivity contribution in [1.29, 1.82) is 0 Å². The van der Waals surface area contributed by atoms with Crippen LogP contribution in [0.2, 0.25) is 0 Å². The van der Waals surface area contributed by atoms with Crippen LogP contribution in [0, 0.1) is 29.6 Å². The van der Waals surface area contributed by atoms with Crippen LogP contribution in [0.3, 0.4) is 0 Å². The van der Waals surface area contributed by atoms with Crippen LogP contribution in [0.1, 0.15) is 64.2 Å². The fourth-order valence-electron chi connectivity index (χ4n) is 6.36. The maximum atomic E-state index is 10.9. The lowest BCUT2D eigenvalue weighted by atomic mass is 9.53. The van der Waals surface area contributed by atoms with Gasteiger partial charge in [0.05, 0.1) is 0 Å². The average Bonchev–Trinajstić information content (AvgIpc) is 2.87. The minimum atomic E-state index is -0.701. The molecule has 0 amide bonds. The largest absolute Gasteiger partial charge is 0.481 e. The molecule has 1 aliphatic heterocycles. The van der Waals surface area contributed by atoms with Crippen molar-refractivity contribution >= 4 is 5.97 Å². The summed E-state index contributed by atoms with van der Waals surface area (Å²) in [6, 6.07) is 0. The summed E-state index contributed by atoms with van der Waals surface area (Å²) < 4.78 is 6.62. The Kier molecular flexibility index (Phi) is 3.14. The monoisotopic (exact) mass is 322 g/mol. The average molecular weight is 322 g/mol. The van der Waals surface area contributed by atoms with Gasteiger partial charge in [0, 0.05) is 31.1 Å². The number of hydrogen-bond acceptors (Lipinski definition) is 4. The zero-order valence-corrected chi connectivity index (χ0v) is 13.5. The van der Waals surface area contributed by atoms with Crippen molar-refractivity contribution in [3.05, 3.63) is 0 Å². The van der Waals surface area contributed by atoms with Crippen LogP contribution in [0.25, 0.3) is 0 Å². The Bertz CT molecular complexity index is 480. The first-order valence-electron chi connectivity index (χ1n) is 9.36. The second-order valence-corrected chi connectivity index (χ2v) is 8.75. The standard InChI is InChI=1S/C18H26O5/c19-16(20)10-11-1-3-17(4-2-11)21-18(23-22-17)14-6-12-5-13(8-14)9-15(18)7-12/h11-15H,1-10H2,(H,19,20)/t11?,12-,13+,14-,15+,17-,18-. The van der Waals surface area contributed by atoms with Gasteiger partial charge in [-0.1, -0.05) is 0 Å². The van der Waals surface area contributed by atoms with Crippen LogP contribution < -0.4 is 0 Å². The number of carbonyl (C=O) groups is 1. The molecule has 5 nitrogen and oxygen atoms in total. The summed E-state index contributed by atoms with van der Waals surface area (Å²) in [5, 5.41) is 8.97. The number of hydrogen-bond donors (Lipinski definition) is 1. The maximum absolute atomic E-state index is 10.9. The highest BCUT2D eigenvalue weighted by molar-refractivity contribution is 5.67. The topological polar surface area (TPSA) is 65.0 Å². The summed E-state index contributed by atoms with van der Waals surface area (Å²) in [5.41, 5.74) is 0. The van der Waals surface area contributed by atoms with Crippen LogP contribution in [-0.2, 0) is 19.3 Å². The van der Waals surface area contributed by atoms with Crippen molar-refractivity contribution in [3.8, 4) is 0 Å². The van der Waals surface area contributed by atoms with Gasteiger partial charge in [-0.15, -0.1) is 0 Å². The third-order valence-electron chi connectivity index (χ3n) is 7.28. The van der Waals surface area contributed by atoms with E-state index in [-0.39, 0.29) is 12.3 Å². The van der Waals surface area contributed by atoms with Crippen molar-refractivity contribution in [2.24, 2.45) is 29.6 Å². The minimum Gasteiger partial charge on any atom is -0.481 e. The van der Waals surface area contributed by atoms with Gasteiger partial charge in [0.1, 0.15) is 0 Å². The molecule has 128 valence electrons. The number of carboxylic acid groups (broad SMARTS) is 1. The van der Waals surface area contributed by atoms with Gasteiger partial charge < -0.3 is 9.84 Å². The van der Waals surface area contributed by atoms with E-state index in [1.807, 2.05) is 0 Å². The predicted molar refractivity (Wildman–Crippen MR) is 80.0 cm³/mol. The second kappa shape index (κ2) is 4.93. The third kappa shape index (κ3) is 2.19. The van der Waals surface area contributed by atoms with E-state index in [1.54, 1.807) is 0 Å². The zero-order chi connectivity index (χ0) is 15.7. The van der Waals surface area contributed by atoms with E-state index in [0.29, 0.717) is 11.8 Å². The van der Waals surface area contributed by atoms with E-state index < -0.39 is 17.5 Å². The number of aliphatic carboxylic acids is 1. The fourth-order valence-corrected chi connectivity index (χ4v) is 6.36. The highest BCUT2D eigenvalue weighted by Gasteiger charge is 2.66.